The minimum Gasteiger partial charge on any atom is -0.381 e. The minimum absolute atomic E-state index is 0.0237. The summed E-state index contributed by atoms with van der Waals surface area (Å²) >= 11 is 0. The molecule has 2 rings (SSSR count). The van der Waals surface area contributed by atoms with Crippen molar-refractivity contribution in [3.63, 3.8) is 0 Å². The van der Waals surface area contributed by atoms with E-state index in [0.717, 1.165) is 29.5 Å². The largest absolute Gasteiger partial charge is 0.381 e. The lowest BCUT2D eigenvalue weighted by Gasteiger charge is -2.08. The van der Waals surface area contributed by atoms with Crippen LogP contribution in [0.3, 0.4) is 0 Å². The van der Waals surface area contributed by atoms with E-state index in [1.54, 1.807) is 0 Å². The predicted molar refractivity (Wildman–Crippen MR) is 108 cm³/mol. The maximum atomic E-state index is 12.3. The molecule has 0 radical (unpaired) electrons. The third-order valence-electron chi connectivity index (χ3n) is 4.44. The van der Waals surface area contributed by atoms with Gasteiger partial charge >= 0.3 is 0 Å². The number of carbonyl (C=O) groups is 2. The molecule has 0 spiro atoms. The van der Waals surface area contributed by atoms with E-state index in [-0.39, 0.29) is 24.5 Å². The van der Waals surface area contributed by atoms with Crippen molar-refractivity contribution in [3.8, 4) is 0 Å². The van der Waals surface area contributed by atoms with Crippen LogP contribution in [0, 0.1) is 13.8 Å². The van der Waals surface area contributed by atoms with Gasteiger partial charge in [0.05, 0.1) is 6.61 Å². The first kappa shape index (κ1) is 20.8. The van der Waals surface area contributed by atoms with E-state index < -0.39 is 0 Å². The van der Waals surface area contributed by atoms with Crippen LogP contribution >= 0.6 is 0 Å². The van der Waals surface area contributed by atoms with Crippen LogP contribution < -0.4 is 5.32 Å². The first-order valence-electron chi connectivity index (χ1n) is 9.55. The topological polar surface area (TPSA) is 55.4 Å². The Balaban J connectivity index is 1.54. The molecule has 4 heteroatoms. The molecule has 4 nitrogen and oxygen atoms in total. The zero-order valence-corrected chi connectivity index (χ0v) is 16.3. The Labute approximate surface area is 161 Å². The molecule has 0 saturated heterocycles. The summed E-state index contributed by atoms with van der Waals surface area (Å²) in [4.78, 5) is 24.2. The average Bonchev–Trinajstić information content (AvgIpc) is 2.68. The van der Waals surface area contributed by atoms with Crippen molar-refractivity contribution >= 4 is 11.7 Å². The van der Waals surface area contributed by atoms with Gasteiger partial charge in [-0.2, -0.15) is 0 Å². The number of ketones is 1. The standard InChI is InChI=1S/C23H29NO3/c1-18-9-10-19(2)21(17-18)22(25)11-12-23(26)24-14-6-15-27-16-13-20-7-4-3-5-8-20/h3-5,7-10,17H,6,11-16H2,1-2H3,(H,24,26). The molecule has 144 valence electrons. The second-order valence-electron chi connectivity index (χ2n) is 6.79. The normalized spacial score (nSPS) is 10.6. The van der Waals surface area contributed by atoms with Crippen LogP contribution in [0.25, 0.3) is 0 Å². The maximum Gasteiger partial charge on any atom is 0.220 e. The smallest absolute Gasteiger partial charge is 0.220 e. The molecule has 0 saturated carbocycles. The molecule has 0 unspecified atom stereocenters. The van der Waals surface area contributed by atoms with E-state index in [9.17, 15) is 9.59 Å². The van der Waals surface area contributed by atoms with Crippen LogP contribution in [-0.2, 0) is 16.0 Å². The van der Waals surface area contributed by atoms with E-state index in [4.69, 9.17) is 4.74 Å². The molecule has 0 atom stereocenters. The number of carbonyl (C=O) groups excluding carboxylic acids is 2. The zero-order chi connectivity index (χ0) is 19.5. The van der Waals surface area contributed by atoms with Crippen molar-refractivity contribution in [2.24, 2.45) is 0 Å². The monoisotopic (exact) mass is 367 g/mol. The van der Waals surface area contributed by atoms with Crippen molar-refractivity contribution in [2.75, 3.05) is 19.8 Å². The van der Waals surface area contributed by atoms with Gasteiger partial charge in [-0.15, -0.1) is 0 Å². The lowest BCUT2D eigenvalue weighted by Crippen LogP contribution is -2.25. The first-order chi connectivity index (χ1) is 13.1. The van der Waals surface area contributed by atoms with E-state index >= 15 is 0 Å². The summed E-state index contributed by atoms with van der Waals surface area (Å²) in [5.41, 5.74) is 3.99. The SMILES string of the molecule is Cc1ccc(C)c(C(=O)CCC(=O)NCCCOCCc2ccccc2)c1. The molecule has 2 aromatic rings. The van der Waals surface area contributed by atoms with Crippen molar-refractivity contribution in [3.05, 3.63) is 70.8 Å². The molecule has 0 aromatic heterocycles. The number of Topliss-reactive ketones (excluding diaryl/α,β-unsaturated/α-hetero) is 1. The second-order valence-corrected chi connectivity index (χ2v) is 6.79. The van der Waals surface area contributed by atoms with Crippen molar-refractivity contribution in [1.29, 1.82) is 0 Å². The van der Waals surface area contributed by atoms with Gasteiger partial charge < -0.3 is 10.1 Å². The Hall–Kier alpha value is -2.46. The summed E-state index contributed by atoms with van der Waals surface area (Å²) in [6.45, 7) is 5.76. The Kier molecular flexibility index (Phi) is 8.72. The van der Waals surface area contributed by atoms with Gasteiger partial charge in [-0.25, -0.2) is 0 Å². The Bertz CT molecular complexity index is 741. The molecule has 2 aromatic carbocycles. The number of rotatable bonds is 11. The third kappa shape index (κ3) is 7.75. The van der Waals surface area contributed by atoms with Gasteiger partial charge in [-0.3, -0.25) is 9.59 Å². The highest BCUT2D eigenvalue weighted by Crippen LogP contribution is 2.13. The summed E-state index contributed by atoms with van der Waals surface area (Å²) in [5.74, 6) is -0.0615. The Morgan fingerprint density at radius 1 is 0.963 bits per heavy atom. The highest BCUT2D eigenvalue weighted by atomic mass is 16.5. The van der Waals surface area contributed by atoms with Crippen molar-refractivity contribution < 1.29 is 14.3 Å². The van der Waals surface area contributed by atoms with E-state index in [2.05, 4.69) is 17.4 Å². The average molecular weight is 367 g/mol. The predicted octanol–water partition coefficient (Wildman–Crippen LogP) is 4.03. The summed E-state index contributed by atoms with van der Waals surface area (Å²) in [6, 6.07) is 16.0. The van der Waals surface area contributed by atoms with Crippen molar-refractivity contribution in [2.45, 2.75) is 39.5 Å². The Morgan fingerprint density at radius 3 is 2.52 bits per heavy atom. The van der Waals surface area contributed by atoms with Crippen molar-refractivity contribution in [1.82, 2.24) is 5.32 Å². The molecule has 0 aliphatic heterocycles. The number of aryl methyl sites for hydroxylation is 2. The molecule has 1 amide bonds. The quantitative estimate of drug-likeness (QED) is 0.482. The summed E-state index contributed by atoms with van der Waals surface area (Å²) < 4.78 is 5.59. The summed E-state index contributed by atoms with van der Waals surface area (Å²) in [6.07, 6.45) is 2.13. The van der Waals surface area contributed by atoms with Gasteiger partial charge in [0.2, 0.25) is 5.91 Å². The van der Waals surface area contributed by atoms with Gasteiger partial charge in [0.1, 0.15) is 0 Å². The van der Waals surface area contributed by atoms with Crippen LogP contribution in [0.15, 0.2) is 48.5 Å². The highest BCUT2D eigenvalue weighted by Gasteiger charge is 2.11. The molecule has 0 aliphatic carbocycles. The summed E-state index contributed by atoms with van der Waals surface area (Å²) in [5, 5.41) is 2.85. The highest BCUT2D eigenvalue weighted by molar-refractivity contribution is 5.99. The lowest BCUT2D eigenvalue weighted by atomic mass is 9.99. The van der Waals surface area contributed by atoms with E-state index in [0.29, 0.717) is 19.8 Å². The van der Waals surface area contributed by atoms with Crippen LogP contribution in [0.1, 0.15) is 46.3 Å². The second kappa shape index (κ2) is 11.3. The van der Waals surface area contributed by atoms with Crippen LogP contribution in [0.4, 0.5) is 0 Å². The van der Waals surface area contributed by atoms with Gasteiger partial charge in [0, 0.05) is 31.6 Å². The minimum atomic E-state index is -0.0852. The molecule has 0 fully saturated rings. The number of ether oxygens (including phenoxy) is 1. The van der Waals surface area contributed by atoms with E-state index in [1.165, 1.54) is 5.56 Å². The fraction of sp³-hybridized carbons (Fsp3) is 0.391. The lowest BCUT2D eigenvalue weighted by molar-refractivity contribution is -0.121. The summed E-state index contributed by atoms with van der Waals surface area (Å²) in [7, 11) is 0. The molecule has 1 N–H and O–H groups in total. The van der Waals surface area contributed by atoms with Gasteiger partial charge in [-0.05, 0) is 43.9 Å². The van der Waals surface area contributed by atoms with Gasteiger partial charge in [0.25, 0.3) is 0 Å². The Morgan fingerprint density at radius 2 is 1.74 bits per heavy atom. The number of amides is 1. The van der Waals surface area contributed by atoms with Crippen LogP contribution in [0.5, 0.6) is 0 Å². The molecular weight excluding hydrogens is 338 g/mol. The third-order valence-corrected chi connectivity index (χ3v) is 4.44. The number of nitrogens with one attached hydrogen (secondary N) is 1. The number of hydrogen-bond acceptors (Lipinski definition) is 3. The molecule has 27 heavy (non-hydrogen) atoms. The zero-order valence-electron chi connectivity index (χ0n) is 16.3. The molecule has 0 heterocycles. The van der Waals surface area contributed by atoms with Crippen LogP contribution in [0.2, 0.25) is 0 Å². The molecular formula is C23H29NO3. The maximum absolute atomic E-state index is 12.3. The van der Waals surface area contributed by atoms with E-state index in [1.807, 2.05) is 50.2 Å². The fourth-order valence-electron chi connectivity index (χ4n) is 2.83. The van der Waals surface area contributed by atoms with Crippen LogP contribution in [-0.4, -0.2) is 31.4 Å². The molecule has 0 bridgehead atoms. The first-order valence-corrected chi connectivity index (χ1v) is 9.55. The number of benzene rings is 2. The molecule has 0 aliphatic rings. The van der Waals surface area contributed by atoms with Gasteiger partial charge in [-0.1, -0.05) is 48.0 Å². The fourth-order valence-corrected chi connectivity index (χ4v) is 2.83. The number of hydrogen-bond donors (Lipinski definition) is 1. The van der Waals surface area contributed by atoms with Gasteiger partial charge in [0.15, 0.2) is 5.78 Å².